The molecule has 4 atom stereocenters. The van der Waals surface area contributed by atoms with Gasteiger partial charge in [-0.1, -0.05) is 98.1 Å². The average molecular weight is 724 g/mol. The molecule has 1 aliphatic heterocycles. The summed E-state index contributed by atoms with van der Waals surface area (Å²) in [6.07, 6.45) is 2.90. The van der Waals surface area contributed by atoms with Crippen molar-refractivity contribution in [1.29, 1.82) is 0 Å². The number of para-hydroxylation sites is 1. The van der Waals surface area contributed by atoms with Gasteiger partial charge in [0.05, 0.1) is 11.8 Å². The molecule has 11 nitrogen and oxygen atoms in total. The summed E-state index contributed by atoms with van der Waals surface area (Å²) in [4.78, 5) is 60.1. The maximum Gasteiger partial charge on any atom is 0.408 e. The number of hydrogen-bond donors (Lipinski definition) is 5. The fraction of sp³-hybridized carbons (Fsp3) is 0.452. The number of hydrogen-bond acceptors (Lipinski definition) is 7. The minimum absolute atomic E-state index is 0.0852. The Morgan fingerprint density at radius 2 is 1.53 bits per heavy atom. The van der Waals surface area contributed by atoms with Crippen molar-refractivity contribution in [3.05, 3.63) is 102 Å². The lowest BCUT2D eigenvalue weighted by molar-refractivity contribution is -0.137. The highest BCUT2D eigenvalue weighted by Gasteiger charge is 2.48. The minimum atomic E-state index is -1.93. The predicted octanol–water partition coefficient (Wildman–Crippen LogP) is 5.85. The highest BCUT2D eigenvalue weighted by Crippen LogP contribution is 2.32. The molecule has 0 spiro atoms. The largest absolute Gasteiger partial charge is 0.444 e. The first-order valence-electron chi connectivity index (χ1n) is 18.7. The van der Waals surface area contributed by atoms with E-state index in [1.54, 1.807) is 32.9 Å². The first kappa shape index (κ1) is 39.2. The van der Waals surface area contributed by atoms with Crippen LogP contribution in [-0.2, 0) is 32.0 Å². The number of aryl methyl sites for hydroxylation is 1. The van der Waals surface area contributed by atoms with Crippen molar-refractivity contribution < 1.29 is 29.0 Å². The standard InChI is InChI=1S/C42H53N5O6/c1-28(37(49)46-36-38(50)44-33-25-15-14-24-32(33)35(45-36)31-22-12-7-13-23-31)43-39(51)42(27-30-19-10-6-11-20-30,47-40(52)53-41(2,3)4)34(48)26-16-21-29-17-8-5-9-18-29/h5-6,8-11,14-15,17-20,24-25,28,31,34,36,48H,7,12-13,16,21-23,26-27H2,1-4H3,(H,43,51)(H,44,50)(H,46,49)(H,47,52)/t28-,34+,36-,42-/m0/s1. The second-order valence-corrected chi connectivity index (χ2v) is 15.1. The fourth-order valence-corrected chi connectivity index (χ4v) is 7.06. The number of fused-ring (bicyclic) bond motifs is 1. The highest BCUT2D eigenvalue weighted by atomic mass is 16.6. The summed E-state index contributed by atoms with van der Waals surface area (Å²) in [7, 11) is 0. The van der Waals surface area contributed by atoms with Crippen LogP contribution in [0.3, 0.4) is 0 Å². The Kier molecular flexibility index (Phi) is 13.1. The topological polar surface area (TPSA) is 158 Å². The molecule has 11 heteroatoms. The number of ether oxygens (including phenoxy) is 1. The molecule has 1 heterocycles. The van der Waals surface area contributed by atoms with Gasteiger partial charge in [0.25, 0.3) is 5.91 Å². The van der Waals surface area contributed by atoms with E-state index in [2.05, 4.69) is 21.3 Å². The van der Waals surface area contributed by atoms with E-state index >= 15 is 0 Å². The molecule has 4 amide bonds. The molecule has 5 rings (SSSR count). The van der Waals surface area contributed by atoms with Gasteiger partial charge in [-0.05, 0) is 77.0 Å². The number of aliphatic hydroxyl groups is 1. The SMILES string of the molecule is C[C@H](NC(=O)[C@@](Cc1ccccc1)(NC(=O)OC(C)(C)C)[C@H](O)CCCc1ccccc1)C(=O)N[C@@H]1N=C(C2CCCCC2)c2ccccc2NC1=O. The molecule has 53 heavy (non-hydrogen) atoms. The van der Waals surface area contributed by atoms with Gasteiger partial charge in [-0.3, -0.25) is 19.4 Å². The van der Waals surface area contributed by atoms with Crippen molar-refractivity contribution in [2.24, 2.45) is 10.9 Å². The minimum Gasteiger partial charge on any atom is -0.444 e. The quantitative estimate of drug-likeness (QED) is 0.149. The van der Waals surface area contributed by atoms with Crippen LogP contribution >= 0.6 is 0 Å². The van der Waals surface area contributed by atoms with Gasteiger partial charge >= 0.3 is 6.09 Å². The molecule has 0 saturated heterocycles. The lowest BCUT2D eigenvalue weighted by atomic mass is 9.81. The Hall–Kier alpha value is -5.03. The van der Waals surface area contributed by atoms with Crippen LogP contribution in [0.15, 0.2) is 89.9 Å². The number of carbonyl (C=O) groups is 4. The van der Waals surface area contributed by atoms with E-state index in [4.69, 9.17) is 9.73 Å². The number of benzodiazepines with no additional fused rings is 1. The van der Waals surface area contributed by atoms with Gasteiger partial charge in [0.15, 0.2) is 5.54 Å². The molecule has 2 aliphatic rings. The number of nitrogens with one attached hydrogen (secondary N) is 4. The molecule has 282 valence electrons. The third kappa shape index (κ3) is 10.5. The first-order valence-corrected chi connectivity index (χ1v) is 18.7. The Labute approximate surface area is 312 Å². The first-order chi connectivity index (χ1) is 25.3. The van der Waals surface area contributed by atoms with E-state index in [0.29, 0.717) is 24.1 Å². The Morgan fingerprint density at radius 1 is 0.906 bits per heavy atom. The molecule has 0 aromatic heterocycles. The van der Waals surface area contributed by atoms with E-state index in [0.717, 1.165) is 48.9 Å². The summed E-state index contributed by atoms with van der Waals surface area (Å²) < 4.78 is 5.59. The zero-order valence-electron chi connectivity index (χ0n) is 31.2. The number of rotatable bonds is 13. The number of amides is 4. The summed E-state index contributed by atoms with van der Waals surface area (Å²) in [6, 6.07) is 25.2. The van der Waals surface area contributed by atoms with Crippen LogP contribution in [0.2, 0.25) is 0 Å². The molecule has 0 bridgehead atoms. The molecule has 1 aliphatic carbocycles. The number of aliphatic hydroxyl groups excluding tert-OH is 1. The highest BCUT2D eigenvalue weighted by molar-refractivity contribution is 6.13. The molecule has 1 fully saturated rings. The summed E-state index contributed by atoms with van der Waals surface area (Å²) in [6.45, 7) is 6.61. The van der Waals surface area contributed by atoms with Crippen molar-refractivity contribution in [2.45, 2.75) is 115 Å². The smallest absolute Gasteiger partial charge is 0.408 e. The number of alkyl carbamates (subject to hydrolysis) is 1. The molecular formula is C42H53N5O6. The van der Waals surface area contributed by atoms with E-state index in [1.165, 1.54) is 6.92 Å². The Bertz CT molecular complexity index is 1750. The van der Waals surface area contributed by atoms with Crippen LogP contribution in [0, 0.1) is 5.92 Å². The summed E-state index contributed by atoms with van der Waals surface area (Å²) >= 11 is 0. The monoisotopic (exact) mass is 723 g/mol. The van der Waals surface area contributed by atoms with Gasteiger partial charge < -0.3 is 31.1 Å². The van der Waals surface area contributed by atoms with Gasteiger partial charge in [0.1, 0.15) is 11.6 Å². The zero-order chi connectivity index (χ0) is 38.0. The molecule has 0 unspecified atom stereocenters. The Balaban J connectivity index is 1.40. The van der Waals surface area contributed by atoms with E-state index in [1.807, 2.05) is 72.8 Å². The van der Waals surface area contributed by atoms with E-state index < -0.39 is 53.3 Å². The summed E-state index contributed by atoms with van der Waals surface area (Å²) in [5.41, 5.74) is 1.19. The average Bonchev–Trinajstić information content (AvgIpc) is 3.27. The van der Waals surface area contributed by atoms with Crippen molar-refractivity contribution in [3.8, 4) is 0 Å². The third-order valence-electron chi connectivity index (χ3n) is 9.80. The van der Waals surface area contributed by atoms with E-state index in [9.17, 15) is 24.3 Å². The van der Waals surface area contributed by atoms with Crippen molar-refractivity contribution >= 4 is 35.2 Å². The van der Waals surface area contributed by atoms with Gasteiger partial charge in [-0.25, -0.2) is 4.79 Å². The van der Waals surface area contributed by atoms with Gasteiger partial charge in [0, 0.05) is 23.6 Å². The van der Waals surface area contributed by atoms with Gasteiger partial charge in [-0.2, -0.15) is 0 Å². The molecule has 1 saturated carbocycles. The second-order valence-electron chi connectivity index (χ2n) is 15.1. The third-order valence-corrected chi connectivity index (χ3v) is 9.80. The van der Waals surface area contributed by atoms with Crippen LogP contribution in [-0.4, -0.2) is 64.1 Å². The maximum absolute atomic E-state index is 14.6. The van der Waals surface area contributed by atoms with Crippen LogP contribution < -0.4 is 21.3 Å². The number of nitrogens with zero attached hydrogens (tertiary/aromatic N) is 1. The van der Waals surface area contributed by atoms with Crippen molar-refractivity contribution in [3.63, 3.8) is 0 Å². The van der Waals surface area contributed by atoms with Gasteiger partial charge in [-0.15, -0.1) is 0 Å². The Morgan fingerprint density at radius 3 is 2.19 bits per heavy atom. The lowest BCUT2D eigenvalue weighted by Gasteiger charge is -2.39. The van der Waals surface area contributed by atoms with Crippen LogP contribution in [0.5, 0.6) is 0 Å². The lowest BCUT2D eigenvalue weighted by Crippen LogP contribution is -2.68. The normalized spacial score (nSPS) is 18.5. The number of carbonyl (C=O) groups excluding carboxylic acids is 4. The maximum atomic E-state index is 14.6. The predicted molar refractivity (Wildman–Crippen MR) is 205 cm³/mol. The van der Waals surface area contributed by atoms with Crippen LogP contribution in [0.1, 0.15) is 89.3 Å². The fourth-order valence-electron chi connectivity index (χ4n) is 7.06. The van der Waals surface area contributed by atoms with Crippen molar-refractivity contribution in [1.82, 2.24) is 16.0 Å². The zero-order valence-corrected chi connectivity index (χ0v) is 31.2. The number of aliphatic imine (C=N–C) groups is 1. The number of benzene rings is 3. The molecule has 3 aromatic rings. The van der Waals surface area contributed by atoms with E-state index in [-0.39, 0.29) is 18.8 Å². The number of anilines is 1. The van der Waals surface area contributed by atoms with Crippen molar-refractivity contribution in [2.75, 3.05) is 5.32 Å². The van der Waals surface area contributed by atoms with Crippen LogP contribution in [0.4, 0.5) is 10.5 Å². The summed E-state index contributed by atoms with van der Waals surface area (Å²) in [5.74, 6) is -1.77. The molecular weight excluding hydrogens is 670 g/mol. The van der Waals surface area contributed by atoms with Gasteiger partial charge in [0.2, 0.25) is 18.0 Å². The molecule has 3 aromatic carbocycles. The summed E-state index contributed by atoms with van der Waals surface area (Å²) in [5, 5.41) is 23.1. The van der Waals surface area contributed by atoms with Crippen LogP contribution in [0.25, 0.3) is 0 Å². The second kappa shape index (κ2) is 17.7. The molecule has 5 N–H and O–H groups in total. The molecule has 0 radical (unpaired) electrons.